The minimum atomic E-state index is -0.164. The summed E-state index contributed by atoms with van der Waals surface area (Å²) in [4.78, 5) is 11.6. The van der Waals surface area contributed by atoms with E-state index in [0.29, 0.717) is 15.9 Å². The standard InChI is InChI=1S/C12H12ClN3O2S/c1-8-15-16-12(19-8)14-11(17)6-7-18-10-5-3-2-4-9(10)13/h2-5H,6-7H2,1H3,(H,14,16,17). The maximum Gasteiger partial charge on any atom is 0.229 e. The zero-order valence-corrected chi connectivity index (χ0v) is 11.8. The lowest BCUT2D eigenvalue weighted by Gasteiger charge is -2.07. The average molecular weight is 298 g/mol. The van der Waals surface area contributed by atoms with Crippen molar-refractivity contribution in [2.45, 2.75) is 13.3 Å². The van der Waals surface area contributed by atoms with Gasteiger partial charge in [-0.05, 0) is 19.1 Å². The molecule has 0 atom stereocenters. The number of aromatic nitrogens is 2. The summed E-state index contributed by atoms with van der Waals surface area (Å²) >= 11 is 7.26. The molecule has 2 aromatic rings. The Morgan fingerprint density at radius 3 is 2.89 bits per heavy atom. The van der Waals surface area contributed by atoms with Gasteiger partial charge in [0.25, 0.3) is 0 Å². The van der Waals surface area contributed by atoms with Crippen LogP contribution >= 0.6 is 22.9 Å². The van der Waals surface area contributed by atoms with Crippen molar-refractivity contribution < 1.29 is 9.53 Å². The van der Waals surface area contributed by atoms with Crippen LogP contribution in [0, 0.1) is 6.92 Å². The van der Waals surface area contributed by atoms with E-state index in [9.17, 15) is 4.79 Å². The summed E-state index contributed by atoms with van der Waals surface area (Å²) in [5.74, 6) is 0.409. The van der Waals surface area contributed by atoms with Gasteiger partial charge in [0.15, 0.2) is 0 Å². The number of carbonyl (C=O) groups is 1. The summed E-state index contributed by atoms with van der Waals surface area (Å²) in [6.45, 7) is 2.08. The molecule has 19 heavy (non-hydrogen) atoms. The number of para-hydroxylation sites is 1. The Morgan fingerprint density at radius 2 is 2.21 bits per heavy atom. The Labute approximate surface area is 119 Å². The Balaban J connectivity index is 1.77. The topological polar surface area (TPSA) is 64.1 Å². The number of hydrogen-bond acceptors (Lipinski definition) is 5. The second-order valence-electron chi connectivity index (χ2n) is 3.70. The van der Waals surface area contributed by atoms with E-state index < -0.39 is 0 Å². The Hall–Kier alpha value is -1.66. The summed E-state index contributed by atoms with van der Waals surface area (Å²) < 4.78 is 5.42. The molecule has 100 valence electrons. The van der Waals surface area contributed by atoms with Gasteiger partial charge in [-0.1, -0.05) is 35.1 Å². The number of aryl methyl sites for hydroxylation is 1. The second kappa shape index (κ2) is 6.49. The quantitative estimate of drug-likeness (QED) is 0.921. The fourth-order valence-corrected chi connectivity index (χ4v) is 2.14. The number of amides is 1. The molecule has 0 saturated heterocycles. The summed E-state index contributed by atoms with van der Waals surface area (Å²) in [7, 11) is 0. The van der Waals surface area contributed by atoms with Crippen LogP contribution in [0.3, 0.4) is 0 Å². The molecule has 0 aliphatic carbocycles. The first-order valence-corrected chi connectivity index (χ1v) is 6.82. The fraction of sp³-hybridized carbons (Fsp3) is 0.250. The monoisotopic (exact) mass is 297 g/mol. The predicted octanol–water partition coefficient (Wildman–Crippen LogP) is 2.91. The fourth-order valence-electron chi connectivity index (χ4n) is 1.34. The van der Waals surface area contributed by atoms with Gasteiger partial charge < -0.3 is 10.1 Å². The van der Waals surface area contributed by atoms with Gasteiger partial charge in [-0.2, -0.15) is 0 Å². The molecular formula is C12H12ClN3O2S. The molecule has 0 fully saturated rings. The maximum atomic E-state index is 11.6. The number of carbonyl (C=O) groups excluding carboxylic acids is 1. The van der Waals surface area contributed by atoms with Crippen LogP contribution in [-0.4, -0.2) is 22.7 Å². The number of benzene rings is 1. The molecule has 1 N–H and O–H groups in total. The van der Waals surface area contributed by atoms with E-state index in [2.05, 4.69) is 15.5 Å². The maximum absolute atomic E-state index is 11.6. The lowest BCUT2D eigenvalue weighted by Crippen LogP contribution is -2.15. The van der Waals surface area contributed by atoms with Gasteiger partial charge in [0.2, 0.25) is 11.0 Å². The average Bonchev–Trinajstić information content (AvgIpc) is 2.77. The third-order valence-corrected chi connectivity index (χ3v) is 3.26. The van der Waals surface area contributed by atoms with Gasteiger partial charge >= 0.3 is 0 Å². The predicted molar refractivity (Wildman–Crippen MR) is 74.8 cm³/mol. The highest BCUT2D eigenvalue weighted by Crippen LogP contribution is 2.23. The van der Waals surface area contributed by atoms with Gasteiger partial charge in [0.1, 0.15) is 10.8 Å². The van der Waals surface area contributed by atoms with Gasteiger partial charge in [-0.25, -0.2) is 0 Å². The zero-order chi connectivity index (χ0) is 13.7. The third kappa shape index (κ3) is 4.18. The van der Waals surface area contributed by atoms with Crippen molar-refractivity contribution >= 4 is 34.0 Å². The van der Waals surface area contributed by atoms with Crippen LogP contribution in [0.25, 0.3) is 0 Å². The van der Waals surface area contributed by atoms with Crippen LogP contribution in [-0.2, 0) is 4.79 Å². The Kier molecular flexibility index (Phi) is 4.70. The van der Waals surface area contributed by atoms with Crippen LogP contribution in [0.2, 0.25) is 5.02 Å². The molecule has 7 heteroatoms. The molecule has 1 aromatic heterocycles. The van der Waals surface area contributed by atoms with Crippen molar-refractivity contribution in [3.63, 3.8) is 0 Å². The van der Waals surface area contributed by atoms with Crippen LogP contribution in [0.15, 0.2) is 24.3 Å². The van der Waals surface area contributed by atoms with Crippen LogP contribution in [0.1, 0.15) is 11.4 Å². The molecule has 0 bridgehead atoms. The second-order valence-corrected chi connectivity index (χ2v) is 5.29. The molecule has 0 radical (unpaired) electrons. The third-order valence-electron chi connectivity index (χ3n) is 2.20. The van der Waals surface area contributed by atoms with Gasteiger partial charge in [-0.15, -0.1) is 10.2 Å². The number of nitrogens with one attached hydrogen (secondary N) is 1. The van der Waals surface area contributed by atoms with Crippen molar-refractivity contribution in [1.82, 2.24) is 10.2 Å². The Bertz CT molecular complexity index is 574. The zero-order valence-electron chi connectivity index (χ0n) is 10.2. The van der Waals surface area contributed by atoms with E-state index in [1.807, 2.05) is 19.1 Å². The Morgan fingerprint density at radius 1 is 1.42 bits per heavy atom. The van der Waals surface area contributed by atoms with E-state index in [1.165, 1.54) is 11.3 Å². The number of ether oxygens (including phenoxy) is 1. The molecular weight excluding hydrogens is 286 g/mol. The lowest BCUT2D eigenvalue weighted by molar-refractivity contribution is -0.116. The minimum absolute atomic E-state index is 0.164. The molecule has 0 aliphatic rings. The molecule has 0 saturated carbocycles. The SMILES string of the molecule is Cc1nnc(NC(=O)CCOc2ccccc2Cl)s1. The first kappa shape index (κ1) is 13.8. The van der Waals surface area contributed by atoms with E-state index in [1.54, 1.807) is 12.1 Å². The minimum Gasteiger partial charge on any atom is -0.491 e. The van der Waals surface area contributed by atoms with Gasteiger partial charge in [0, 0.05) is 0 Å². The van der Waals surface area contributed by atoms with Crippen molar-refractivity contribution in [3.05, 3.63) is 34.3 Å². The van der Waals surface area contributed by atoms with Crippen molar-refractivity contribution in [2.75, 3.05) is 11.9 Å². The van der Waals surface area contributed by atoms with Crippen LogP contribution in [0.5, 0.6) is 5.75 Å². The number of halogens is 1. The van der Waals surface area contributed by atoms with E-state index in [-0.39, 0.29) is 18.9 Å². The molecule has 0 unspecified atom stereocenters. The lowest BCUT2D eigenvalue weighted by atomic mass is 10.3. The first-order valence-electron chi connectivity index (χ1n) is 5.62. The van der Waals surface area contributed by atoms with Gasteiger partial charge in [-0.3, -0.25) is 4.79 Å². The van der Waals surface area contributed by atoms with Crippen molar-refractivity contribution in [3.8, 4) is 5.75 Å². The summed E-state index contributed by atoms with van der Waals surface area (Å²) in [6.07, 6.45) is 0.226. The normalized spacial score (nSPS) is 10.2. The molecule has 1 amide bonds. The van der Waals surface area contributed by atoms with E-state index in [0.717, 1.165) is 5.01 Å². The first-order chi connectivity index (χ1) is 9.15. The van der Waals surface area contributed by atoms with Gasteiger partial charge in [0.05, 0.1) is 18.1 Å². The molecule has 2 rings (SSSR count). The number of nitrogens with zero attached hydrogens (tertiary/aromatic N) is 2. The van der Waals surface area contributed by atoms with E-state index >= 15 is 0 Å². The summed E-state index contributed by atoms with van der Waals surface area (Å²) in [5, 5.41) is 12.1. The number of anilines is 1. The van der Waals surface area contributed by atoms with Crippen LogP contribution in [0.4, 0.5) is 5.13 Å². The van der Waals surface area contributed by atoms with Crippen LogP contribution < -0.4 is 10.1 Å². The number of hydrogen-bond donors (Lipinski definition) is 1. The largest absolute Gasteiger partial charge is 0.491 e. The molecule has 5 nitrogen and oxygen atoms in total. The number of rotatable bonds is 5. The molecule has 1 heterocycles. The van der Waals surface area contributed by atoms with Crippen molar-refractivity contribution in [1.29, 1.82) is 0 Å². The van der Waals surface area contributed by atoms with E-state index in [4.69, 9.17) is 16.3 Å². The smallest absolute Gasteiger partial charge is 0.229 e. The molecule has 0 aliphatic heterocycles. The summed E-state index contributed by atoms with van der Waals surface area (Å²) in [6, 6.07) is 7.14. The highest BCUT2D eigenvalue weighted by Gasteiger charge is 2.07. The highest BCUT2D eigenvalue weighted by atomic mass is 35.5. The molecule has 1 aromatic carbocycles. The van der Waals surface area contributed by atoms with Crippen molar-refractivity contribution in [2.24, 2.45) is 0 Å². The highest BCUT2D eigenvalue weighted by molar-refractivity contribution is 7.15. The molecule has 0 spiro atoms. The summed E-state index contributed by atoms with van der Waals surface area (Å²) in [5.41, 5.74) is 0.